The maximum absolute atomic E-state index is 14.3. The topological polar surface area (TPSA) is 92.2 Å². The molecule has 0 radical (unpaired) electrons. The minimum absolute atomic E-state index is 0.0174. The molecule has 0 amide bonds. The molecule has 0 unspecified atom stereocenters. The van der Waals surface area contributed by atoms with Gasteiger partial charge in [0.2, 0.25) is 0 Å². The van der Waals surface area contributed by atoms with E-state index in [1.165, 1.54) is 0 Å². The molecule has 6 rings (SSSR count). The molecule has 3 aromatic carbocycles. The monoisotopic (exact) mass is 658 g/mol. The van der Waals surface area contributed by atoms with Crippen molar-refractivity contribution in [1.29, 1.82) is 0 Å². The number of piperazine rings is 2. The van der Waals surface area contributed by atoms with E-state index in [-0.39, 0.29) is 17.4 Å². The SMILES string of the molecule is CC(C)Oc1ccc(C(=O)CN2CCNCC2)cc1-n1c(CN2CCN(CCOc3ccc(Cl)cc3)CC2)nc2ccccc2c1=O. The molecule has 4 aromatic rings. The van der Waals surface area contributed by atoms with Gasteiger partial charge in [-0.15, -0.1) is 0 Å². The molecule has 47 heavy (non-hydrogen) atoms. The van der Waals surface area contributed by atoms with Gasteiger partial charge in [0.25, 0.3) is 5.56 Å². The van der Waals surface area contributed by atoms with Gasteiger partial charge in [0, 0.05) is 69.5 Å². The summed E-state index contributed by atoms with van der Waals surface area (Å²) < 4.78 is 13.8. The van der Waals surface area contributed by atoms with E-state index < -0.39 is 0 Å². The van der Waals surface area contributed by atoms with Crippen LogP contribution in [0.25, 0.3) is 16.6 Å². The number of aromatic nitrogens is 2. The normalized spacial score (nSPS) is 16.5. The van der Waals surface area contributed by atoms with Gasteiger partial charge in [-0.05, 0) is 68.4 Å². The Morgan fingerprint density at radius 3 is 2.38 bits per heavy atom. The average Bonchev–Trinajstić information content (AvgIpc) is 3.07. The zero-order valence-corrected chi connectivity index (χ0v) is 27.9. The first-order valence-electron chi connectivity index (χ1n) is 16.4. The van der Waals surface area contributed by atoms with Gasteiger partial charge in [0.15, 0.2) is 5.78 Å². The molecule has 0 saturated carbocycles. The van der Waals surface area contributed by atoms with Crippen molar-refractivity contribution in [2.24, 2.45) is 0 Å². The van der Waals surface area contributed by atoms with Crippen LogP contribution in [-0.4, -0.2) is 108 Å². The molecule has 2 aliphatic rings. The predicted octanol–water partition coefficient (Wildman–Crippen LogP) is 4.11. The quantitative estimate of drug-likeness (QED) is 0.226. The molecular weight excluding hydrogens is 616 g/mol. The molecule has 0 atom stereocenters. The number of fused-ring (bicyclic) bond motifs is 1. The summed E-state index contributed by atoms with van der Waals surface area (Å²) in [7, 11) is 0. The zero-order chi connectivity index (χ0) is 32.8. The standard InChI is InChI=1S/C36H43ClN6O4/c1-26(2)47-34-12-7-27(33(44)24-41-15-13-38-14-16-41)23-32(34)43-35(39-31-6-4-3-5-30(31)36(43)45)25-42-19-17-40(18-20-42)21-22-46-29-10-8-28(37)9-11-29/h3-12,23,26,38H,13-22,24-25H2,1-2H3. The number of hydrogen-bond donors (Lipinski definition) is 1. The van der Waals surface area contributed by atoms with Gasteiger partial charge in [-0.25, -0.2) is 4.98 Å². The highest BCUT2D eigenvalue weighted by Crippen LogP contribution is 2.27. The Labute approximate surface area is 280 Å². The maximum Gasteiger partial charge on any atom is 0.266 e. The van der Waals surface area contributed by atoms with Crippen LogP contribution >= 0.6 is 11.6 Å². The number of hydrogen-bond acceptors (Lipinski definition) is 9. The lowest BCUT2D eigenvalue weighted by Crippen LogP contribution is -2.47. The fourth-order valence-electron chi connectivity index (χ4n) is 6.11. The van der Waals surface area contributed by atoms with Crippen LogP contribution in [0.2, 0.25) is 5.02 Å². The highest BCUT2D eigenvalue weighted by Gasteiger charge is 2.24. The highest BCUT2D eigenvalue weighted by atomic mass is 35.5. The van der Waals surface area contributed by atoms with Gasteiger partial charge < -0.3 is 14.8 Å². The second-order valence-corrected chi connectivity index (χ2v) is 12.8. The van der Waals surface area contributed by atoms with Crippen molar-refractivity contribution in [3.63, 3.8) is 0 Å². The number of ketones is 1. The smallest absolute Gasteiger partial charge is 0.266 e. The van der Waals surface area contributed by atoms with Crippen molar-refractivity contribution < 1.29 is 14.3 Å². The van der Waals surface area contributed by atoms with Crippen LogP contribution in [-0.2, 0) is 6.54 Å². The van der Waals surface area contributed by atoms with Crippen molar-refractivity contribution in [1.82, 2.24) is 29.6 Å². The molecule has 0 spiro atoms. The van der Waals surface area contributed by atoms with Gasteiger partial charge in [0.05, 0.1) is 35.8 Å². The van der Waals surface area contributed by atoms with E-state index in [1.807, 2.05) is 68.4 Å². The summed E-state index contributed by atoms with van der Waals surface area (Å²) >= 11 is 5.99. The number of nitrogens with zero attached hydrogens (tertiary/aromatic N) is 5. The molecule has 3 heterocycles. The summed E-state index contributed by atoms with van der Waals surface area (Å²) in [6, 6.07) is 20.3. The van der Waals surface area contributed by atoms with E-state index in [9.17, 15) is 9.59 Å². The zero-order valence-electron chi connectivity index (χ0n) is 27.2. The molecule has 0 aliphatic carbocycles. The lowest BCUT2D eigenvalue weighted by Gasteiger charge is -2.34. The number of para-hydroxylation sites is 1. The molecule has 2 fully saturated rings. The van der Waals surface area contributed by atoms with Crippen LogP contribution in [0.1, 0.15) is 30.0 Å². The van der Waals surface area contributed by atoms with Gasteiger partial charge in [-0.1, -0.05) is 23.7 Å². The van der Waals surface area contributed by atoms with Crippen LogP contribution in [0.4, 0.5) is 0 Å². The molecule has 10 nitrogen and oxygen atoms in total. The van der Waals surface area contributed by atoms with E-state index in [0.717, 1.165) is 64.7 Å². The molecule has 11 heteroatoms. The lowest BCUT2D eigenvalue weighted by molar-refractivity contribution is 0.0921. The second kappa shape index (κ2) is 15.4. The first-order chi connectivity index (χ1) is 22.8. The van der Waals surface area contributed by atoms with E-state index in [0.29, 0.717) is 58.4 Å². The molecule has 2 saturated heterocycles. The second-order valence-electron chi connectivity index (χ2n) is 12.4. The lowest BCUT2D eigenvalue weighted by atomic mass is 10.1. The molecular formula is C36H43ClN6O4. The van der Waals surface area contributed by atoms with E-state index in [2.05, 4.69) is 20.0 Å². The number of carbonyl (C=O) groups excluding carboxylic acids is 1. The summed E-state index contributed by atoms with van der Waals surface area (Å²) in [5, 5.41) is 4.55. The Hall–Kier alpha value is -3.80. The van der Waals surface area contributed by atoms with Gasteiger partial charge in [-0.3, -0.25) is 28.9 Å². The van der Waals surface area contributed by atoms with Crippen molar-refractivity contribution in [2.75, 3.05) is 72.1 Å². The fraction of sp³-hybridized carbons (Fsp3) is 0.417. The molecule has 1 N–H and O–H groups in total. The minimum Gasteiger partial charge on any atom is -0.492 e. The number of benzene rings is 3. The fourth-order valence-corrected chi connectivity index (χ4v) is 6.24. The largest absolute Gasteiger partial charge is 0.492 e. The molecule has 0 bridgehead atoms. The Morgan fingerprint density at radius 1 is 0.915 bits per heavy atom. The molecule has 2 aliphatic heterocycles. The number of carbonyl (C=O) groups is 1. The molecule has 1 aromatic heterocycles. The third kappa shape index (κ3) is 8.38. The Kier molecular flexibility index (Phi) is 10.9. The van der Waals surface area contributed by atoms with Crippen molar-refractivity contribution in [3.8, 4) is 17.2 Å². The number of halogens is 1. The Balaban J connectivity index is 1.24. The first kappa shape index (κ1) is 33.1. The Bertz CT molecular complexity index is 1730. The van der Waals surface area contributed by atoms with E-state index in [4.69, 9.17) is 26.1 Å². The number of ether oxygens (including phenoxy) is 2. The summed E-state index contributed by atoms with van der Waals surface area (Å²) in [6.45, 7) is 12.9. The predicted molar refractivity (Wildman–Crippen MR) is 185 cm³/mol. The summed E-state index contributed by atoms with van der Waals surface area (Å²) in [4.78, 5) is 39.6. The van der Waals surface area contributed by atoms with Crippen LogP contribution in [0.15, 0.2) is 71.5 Å². The van der Waals surface area contributed by atoms with E-state index >= 15 is 0 Å². The number of rotatable bonds is 12. The third-order valence-corrected chi connectivity index (χ3v) is 8.88. The van der Waals surface area contributed by atoms with Crippen LogP contribution in [0.5, 0.6) is 11.5 Å². The number of Topliss-reactive ketones (excluding diaryl/α,β-unsaturated/α-hetero) is 1. The minimum atomic E-state index is -0.177. The first-order valence-corrected chi connectivity index (χ1v) is 16.8. The van der Waals surface area contributed by atoms with Crippen molar-refractivity contribution >= 4 is 28.3 Å². The van der Waals surface area contributed by atoms with Crippen molar-refractivity contribution in [2.45, 2.75) is 26.5 Å². The average molecular weight is 659 g/mol. The van der Waals surface area contributed by atoms with Crippen molar-refractivity contribution in [3.05, 3.63) is 93.5 Å². The van der Waals surface area contributed by atoms with Gasteiger partial charge in [-0.2, -0.15) is 0 Å². The van der Waals surface area contributed by atoms with Gasteiger partial charge in [0.1, 0.15) is 23.9 Å². The van der Waals surface area contributed by atoms with Crippen LogP contribution < -0.4 is 20.3 Å². The third-order valence-electron chi connectivity index (χ3n) is 8.63. The molecule has 248 valence electrons. The van der Waals surface area contributed by atoms with Crippen LogP contribution in [0.3, 0.4) is 0 Å². The van der Waals surface area contributed by atoms with E-state index in [1.54, 1.807) is 16.7 Å². The Morgan fingerprint density at radius 2 is 1.64 bits per heavy atom. The maximum atomic E-state index is 14.3. The number of nitrogens with one attached hydrogen (secondary N) is 1. The van der Waals surface area contributed by atoms with Gasteiger partial charge >= 0.3 is 0 Å². The highest BCUT2D eigenvalue weighted by molar-refractivity contribution is 6.30. The summed E-state index contributed by atoms with van der Waals surface area (Å²) in [5.74, 6) is 1.99. The van der Waals surface area contributed by atoms with Crippen LogP contribution in [0, 0.1) is 0 Å². The summed E-state index contributed by atoms with van der Waals surface area (Å²) in [6.07, 6.45) is -0.125. The summed E-state index contributed by atoms with van der Waals surface area (Å²) in [5.41, 5.74) is 1.57.